The summed E-state index contributed by atoms with van der Waals surface area (Å²) in [5.41, 5.74) is 1.08. The van der Waals surface area contributed by atoms with Crippen molar-refractivity contribution < 1.29 is 4.79 Å². The Hall–Kier alpha value is -1.68. The minimum absolute atomic E-state index is 0.101. The largest absolute Gasteiger partial charge is 0.353 e. The van der Waals surface area contributed by atoms with Gasteiger partial charge in [-0.05, 0) is 31.4 Å². The van der Waals surface area contributed by atoms with E-state index in [-0.39, 0.29) is 5.91 Å². The van der Waals surface area contributed by atoms with Crippen LogP contribution in [0.3, 0.4) is 0 Å². The van der Waals surface area contributed by atoms with Crippen LogP contribution in [0.25, 0.3) is 10.2 Å². The van der Waals surface area contributed by atoms with Gasteiger partial charge in [-0.2, -0.15) is 0 Å². The lowest BCUT2D eigenvalue weighted by Crippen LogP contribution is -2.22. The van der Waals surface area contributed by atoms with Crippen LogP contribution in [-0.2, 0) is 11.2 Å². The zero-order chi connectivity index (χ0) is 13.5. The number of carbonyl (C=O) groups excluding carboxylic acids is 1. The lowest BCUT2D eigenvalue weighted by atomic mass is 10.2. The van der Waals surface area contributed by atoms with E-state index in [9.17, 15) is 4.79 Å². The summed E-state index contributed by atoms with van der Waals surface area (Å²) in [6.07, 6.45) is 5.13. The van der Waals surface area contributed by atoms with E-state index in [1.807, 2.05) is 18.2 Å². The van der Waals surface area contributed by atoms with E-state index in [2.05, 4.69) is 22.9 Å². The first kappa shape index (κ1) is 13.7. The molecule has 0 spiro atoms. The van der Waals surface area contributed by atoms with E-state index < -0.39 is 0 Å². The molecule has 0 saturated heterocycles. The number of unbranched alkanes of at least 4 members (excludes halogenated alkanes) is 1. The first-order valence-corrected chi connectivity index (χ1v) is 7.33. The molecule has 4 heteroatoms. The first-order valence-electron chi connectivity index (χ1n) is 6.51. The minimum Gasteiger partial charge on any atom is -0.353 e. The van der Waals surface area contributed by atoms with Gasteiger partial charge in [-0.3, -0.25) is 4.79 Å². The van der Waals surface area contributed by atoms with Crippen molar-refractivity contribution in [3.05, 3.63) is 41.9 Å². The van der Waals surface area contributed by atoms with Crippen LogP contribution in [0, 0.1) is 0 Å². The molecule has 100 valence electrons. The van der Waals surface area contributed by atoms with Gasteiger partial charge < -0.3 is 5.32 Å². The van der Waals surface area contributed by atoms with Crippen LogP contribution in [0.2, 0.25) is 0 Å². The van der Waals surface area contributed by atoms with Gasteiger partial charge in [-0.25, -0.2) is 4.98 Å². The number of nitrogens with zero attached hydrogens (tertiary/aromatic N) is 1. The number of benzene rings is 1. The van der Waals surface area contributed by atoms with Gasteiger partial charge in [-0.1, -0.05) is 18.2 Å². The zero-order valence-corrected chi connectivity index (χ0v) is 11.7. The lowest BCUT2D eigenvalue weighted by molar-refractivity contribution is -0.120. The van der Waals surface area contributed by atoms with Crippen molar-refractivity contribution in [3.8, 4) is 0 Å². The number of hydrogen-bond acceptors (Lipinski definition) is 3. The third kappa shape index (κ3) is 4.17. The van der Waals surface area contributed by atoms with Gasteiger partial charge in [0.15, 0.2) is 0 Å². The monoisotopic (exact) mass is 274 g/mol. The second-order valence-electron chi connectivity index (χ2n) is 4.38. The van der Waals surface area contributed by atoms with Crippen molar-refractivity contribution in [1.82, 2.24) is 10.3 Å². The molecule has 0 bridgehead atoms. The van der Waals surface area contributed by atoms with Crippen LogP contribution in [0.5, 0.6) is 0 Å². The summed E-state index contributed by atoms with van der Waals surface area (Å²) in [6, 6.07) is 8.18. The fourth-order valence-electron chi connectivity index (χ4n) is 1.86. The molecule has 1 amide bonds. The summed E-state index contributed by atoms with van der Waals surface area (Å²) in [6.45, 7) is 4.12. The molecule has 0 atom stereocenters. The number of hydrogen-bond donors (Lipinski definition) is 1. The molecule has 3 nitrogen and oxygen atoms in total. The molecule has 0 fully saturated rings. The smallest absolute Gasteiger partial charge is 0.220 e. The maximum absolute atomic E-state index is 11.4. The van der Waals surface area contributed by atoms with E-state index in [1.54, 1.807) is 17.4 Å². The van der Waals surface area contributed by atoms with Crippen molar-refractivity contribution in [2.75, 3.05) is 6.54 Å². The number of thiazole rings is 1. The van der Waals surface area contributed by atoms with Gasteiger partial charge in [-0.15, -0.1) is 17.9 Å². The van der Waals surface area contributed by atoms with Crippen molar-refractivity contribution in [2.45, 2.75) is 25.7 Å². The maximum atomic E-state index is 11.4. The number of nitrogens with one attached hydrogen (secondary N) is 1. The molecule has 1 aromatic carbocycles. The summed E-state index contributed by atoms with van der Waals surface area (Å²) >= 11 is 1.75. The number of amides is 1. The van der Waals surface area contributed by atoms with Crippen LogP contribution < -0.4 is 5.32 Å². The van der Waals surface area contributed by atoms with Gasteiger partial charge in [0.05, 0.1) is 15.2 Å². The van der Waals surface area contributed by atoms with E-state index in [1.165, 1.54) is 4.70 Å². The van der Waals surface area contributed by atoms with Gasteiger partial charge in [0.25, 0.3) is 0 Å². The molecule has 0 unspecified atom stereocenters. The highest BCUT2D eigenvalue weighted by atomic mass is 32.1. The summed E-state index contributed by atoms with van der Waals surface area (Å²) in [4.78, 5) is 16.0. The molecule has 0 aliphatic heterocycles. The Morgan fingerprint density at radius 3 is 3.00 bits per heavy atom. The molecule has 2 rings (SSSR count). The third-order valence-corrected chi connectivity index (χ3v) is 3.92. The Kier molecular flexibility index (Phi) is 5.10. The maximum Gasteiger partial charge on any atom is 0.220 e. The van der Waals surface area contributed by atoms with Gasteiger partial charge >= 0.3 is 0 Å². The Morgan fingerprint density at radius 1 is 1.37 bits per heavy atom. The summed E-state index contributed by atoms with van der Waals surface area (Å²) < 4.78 is 1.24. The highest BCUT2D eigenvalue weighted by Crippen LogP contribution is 2.22. The van der Waals surface area contributed by atoms with Crippen LogP contribution in [-0.4, -0.2) is 17.4 Å². The second-order valence-corrected chi connectivity index (χ2v) is 5.49. The summed E-state index contributed by atoms with van der Waals surface area (Å²) in [5, 5.41) is 3.94. The molecule has 0 aliphatic carbocycles. The number of aryl methyl sites for hydroxylation is 1. The molecule has 2 aromatic rings. The minimum atomic E-state index is 0.101. The average molecular weight is 274 g/mol. The normalized spacial score (nSPS) is 10.5. The highest BCUT2D eigenvalue weighted by Gasteiger charge is 2.04. The van der Waals surface area contributed by atoms with Crippen molar-refractivity contribution in [3.63, 3.8) is 0 Å². The predicted octanol–water partition coefficient (Wildman–Crippen LogP) is 3.31. The Labute approximate surface area is 117 Å². The van der Waals surface area contributed by atoms with Crippen LogP contribution >= 0.6 is 11.3 Å². The molecular formula is C15H18N2OS. The quantitative estimate of drug-likeness (QED) is 0.621. The summed E-state index contributed by atoms with van der Waals surface area (Å²) in [5.74, 6) is 0.101. The Morgan fingerprint density at radius 2 is 2.21 bits per heavy atom. The average Bonchev–Trinajstić information content (AvgIpc) is 2.84. The van der Waals surface area contributed by atoms with Crippen molar-refractivity contribution in [2.24, 2.45) is 0 Å². The molecule has 0 saturated carbocycles. The number of fused-ring (bicyclic) bond motifs is 1. The number of rotatable bonds is 7. The van der Waals surface area contributed by atoms with E-state index in [0.717, 1.165) is 29.8 Å². The fourth-order valence-corrected chi connectivity index (χ4v) is 2.87. The molecule has 0 radical (unpaired) electrons. The van der Waals surface area contributed by atoms with E-state index in [4.69, 9.17) is 0 Å². The van der Waals surface area contributed by atoms with Crippen LogP contribution in [0.1, 0.15) is 24.3 Å². The molecule has 0 aliphatic rings. The molecular weight excluding hydrogens is 256 g/mol. The highest BCUT2D eigenvalue weighted by molar-refractivity contribution is 7.18. The lowest BCUT2D eigenvalue weighted by Gasteiger charge is -2.01. The predicted molar refractivity (Wildman–Crippen MR) is 80.4 cm³/mol. The van der Waals surface area contributed by atoms with E-state index in [0.29, 0.717) is 13.0 Å². The molecule has 19 heavy (non-hydrogen) atoms. The number of aromatic nitrogens is 1. The van der Waals surface area contributed by atoms with Gasteiger partial charge in [0.1, 0.15) is 0 Å². The zero-order valence-electron chi connectivity index (χ0n) is 10.9. The Bertz CT molecular complexity index is 529. The summed E-state index contributed by atoms with van der Waals surface area (Å²) in [7, 11) is 0. The van der Waals surface area contributed by atoms with E-state index >= 15 is 0 Å². The van der Waals surface area contributed by atoms with Crippen molar-refractivity contribution in [1.29, 1.82) is 0 Å². The fraction of sp³-hybridized carbons (Fsp3) is 0.333. The Balaban J connectivity index is 1.73. The number of carbonyl (C=O) groups is 1. The molecule has 1 heterocycles. The second kappa shape index (κ2) is 7.04. The van der Waals surface area contributed by atoms with Crippen LogP contribution in [0.15, 0.2) is 36.9 Å². The number of para-hydroxylation sites is 1. The topological polar surface area (TPSA) is 42.0 Å². The van der Waals surface area contributed by atoms with Gasteiger partial charge in [0.2, 0.25) is 5.91 Å². The van der Waals surface area contributed by atoms with Gasteiger partial charge in [0, 0.05) is 13.0 Å². The third-order valence-electron chi connectivity index (χ3n) is 2.83. The molecule has 1 aromatic heterocycles. The van der Waals surface area contributed by atoms with Crippen molar-refractivity contribution >= 4 is 27.5 Å². The standard InChI is InChI=1S/C15H18N2OS/c1-2-11-16-14(18)9-5-6-10-15-17-12-7-3-4-8-13(12)19-15/h2-4,7-8H,1,5-6,9-11H2,(H,16,18). The van der Waals surface area contributed by atoms with Crippen LogP contribution in [0.4, 0.5) is 0 Å². The SMILES string of the molecule is C=CCNC(=O)CCCCc1nc2ccccc2s1. The molecule has 1 N–H and O–H groups in total. The first-order chi connectivity index (χ1) is 9.29.